The molecular formula is C18H24N2OS. The smallest absolute Gasteiger partial charge is 0.231 e. The van der Waals surface area contributed by atoms with E-state index in [9.17, 15) is 4.79 Å². The van der Waals surface area contributed by atoms with Crippen molar-refractivity contribution in [3.8, 4) is 0 Å². The van der Waals surface area contributed by atoms with Crippen molar-refractivity contribution in [3.05, 3.63) is 51.7 Å². The Labute approximate surface area is 136 Å². The number of amides is 1. The quantitative estimate of drug-likeness (QED) is 0.882. The van der Waals surface area contributed by atoms with Gasteiger partial charge >= 0.3 is 0 Å². The molecule has 4 heteroatoms. The Morgan fingerprint density at radius 2 is 1.91 bits per heavy atom. The van der Waals surface area contributed by atoms with Gasteiger partial charge in [-0.1, -0.05) is 26.0 Å². The van der Waals surface area contributed by atoms with E-state index < -0.39 is 0 Å². The second-order valence-electron chi connectivity index (χ2n) is 5.59. The van der Waals surface area contributed by atoms with Crippen LogP contribution in [-0.4, -0.2) is 12.5 Å². The Kier molecular flexibility index (Phi) is 5.75. The zero-order valence-electron chi connectivity index (χ0n) is 13.5. The number of nitrogens with two attached hydrogens (primary N) is 1. The van der Waals surface area contributed by atoms with Gasteiger partial charge in [-0.05, 0) is 43.2 Å². The first-order valence-corrected chi connectivity index (χ1v) is 8.52. The first-order valence-electron chi connectivity index (χ1n) is 7.70. The predicted molar refractivity (Wildman–Crippen MR) is 94.3 cm³/mol. The summed E-state index contributed by atoms with van der Waals surface area (Å²) in [5.74, 6) is -0.0929. The summed E-state index contributed by atoms with van der Waals surface area (Å²) < 4.78 is 0. The molecule has 3 nitrogen and oxygen atoms in total. The minimum atomic E-state index is -0.174. The van der Waals surface area contributed by atoms with Crippen LogP contribution >= 0.6 is 11.3 Å². The maximum absolute atomic E-state index is 12.7. The number of hydrogen-bond donors (Lipinski definition) is 1. The van der Waals surface area contributed by atoms with Crippen LogP contribution in [-0.2, 0) is 17.8 Å². The van der Waals surface area contributed by atoms with Gasteiger partial charge in [-0.2, -0.15) is 0 Å². The Balaban J connectivity index is 2.29. The molecule has 0 aliphatic rings. The summed E-state index contributed by atoms with van der Waals surface area (Å²) in [5.41, 5.74) is 7.90. The number of anilines is 1. The van der Waals surface area contributed by atoms with Crippen LogP contribution in [0.4, 0.5) is 5.69 Å². The van der Waals surface area contributed by atoms with Gasteiger partial charge in [-0.15, -0.1) is 11.3 Å². The summed E-state index contributed by atoms with van der Waals surface area (Å²) in [7, 11) is 0. The molecule has 1 atom stereocenters. The van der Waals surface area contributed by atoms with Crippen LogP contribution in [0.1, 0.15) is 29.2 Å². The van der Waals surface area contributed by atoms with Crippen LogP contribution in [0.5, 0.6) is 0 Å². The summed E-state index contributed by atoms with van der Waals surface area (Å²) in [5, 5.41) is 0. The first-order chi connectivity index (χ1) is 10.5. The first kappa shape index (κ1) is 16.7. The van der Waals surface area contributed by atoms with E-state index in [1.54, 1.807) is 11.3 Å². The Hall–Kier alpha value is -1.65. The fourth-order valence-electron chi connectivity index (χ4n) is 2.30. The molecule has 0 spiro atoms. The maximum Gasteiger partial charge on any atom is 0.231 e. The van der Waals surface area contributed by atoms with Gasteiger partial charge in [-0.3, -0.25) is 4.79 Å². The van der Waals surface area contributed by atoms with Gasteiger partial charge < -0.3 is 10.6 Å². The molecule has 0 aliphatic carbocycles. The molecule has 1 unspecified atom stereocenters. The monoisotopic (exact) mass is 316 g/mol. The standard InChI is InChI=1S/C18H24N2OS/c1-4-15-6-8-16(9-7-15)20(18(21)13(2)11-19)12-17-10-5-14(3)22-17/h5-10,13H,4,11-12,19H2,1-3H3. The van der Waals surface area contributed by atoms with E-state index >= 15 is 0 Å². The second-order valence-corrected chi connectivity index (χ2v) is 6.97. The normalized spacial score (nSPS) is 12.2. The van der Waals surface area contributed by atoms with Crippen LogP contribution in [0.25, 0.3) is 0 Å². The van der Waals surface area contributed by atoms with Crippen LogP contribution in [0, 0.1) is 12.8 Å². The summed E-state index contributed by atoms with van der Waals surface area (Å²) in [6.45, 7) is 7.07. The molecule has 2 rings (SSSR count). The van der Waals surface area contributed by atoms with Gasteiger partial charge in [0.15, 0.2) is 0 Å². The molecular weight excluding hydrogens is 292 g/mol. The molecule has 1 amide bonds. The zero-order chi connectivity index (χ0) is 16.1. The van der Waals surface area contributed by atoms with Crippen LogP contribution in [0.3, 0.4) is 0 Å². The number of aryl methyl sites for hydroxylation is 2. The zero-order valence-corrected chi connectivity index (χ0v) is 14.3. The average Bonchev–Trinajstić information content (AvgIpc) is 2.96. The number of carbonyl (C=O) groups is 1. The second kappa shape index (κ2) is 7.56. The minimum Gasteiger partial charge on any atom is -0.330 e. The van der Waals surface area contributed by atoms with Crippen molar-refractivity contribution in [3.63, 3.8) is 0 Å². The highest BCUT2D eigenvalue weighted by Crippen LogP contribution is 2.24. The van der Waals surface area contributed by atoms with Crippen molar-refractivity contribution >= 4 is 22.9 Å². The third kappa shape index (κ3) is 3.96. The van der Waals surface area contributed by atoms with Gasteiger partial charge in [0.25, 0.3) is 0 Å². The van der Waals surface area contributed by atoms with E-state index in [4.69, 9.17) is 5.73 Å². The number of rotatable bonds is 6. The Morgan fingerprint density at radius 3 is 2.41 bits per heavy atom. The SMILES string of the molecule is CCc1ccc(N(Cc2ccc(C)s2)C(=O)C(C)CN)cc1. The van der Waals surface area contributed by atoms with E-state index in [0.29, 0.717) is 13.1 Å². The van der Waals surface area contributed by atoms with Crippen molar-refractivity contribution in [2.24, 2.45) is 11.7 Å². The van der Waals surface area contributed by atoms with Gasteiger partial charge in [0.1, 0.15) is 0 Å². The van der Waals surface area contributed by atoms with Crippen molar-refractivity contribution in [1.82, 2.24) is 0 Å². The lowest BCUT2D eigenvalue weighted by Crippen LogP contribution is -2.37. The molecule has 2 aromatic rings. The lowest BCUT2D eigenvalue weighted by atomic mass is 10.1. The average molecular weight is 316 g/mol. The third-order valence-electron chi connectivity index (χ3n) is 3.81. The molecule has 118 valence electrons. The molecule has 0 fully saturated rings. The fraction of sp³-hybridized carbons (Fsp3) is 0.389. The van der Waals surface area contributed by atoms with Crippen molar-refractivity contribution in [2.75, 3.05) is 11.4 Å². The lowest BCUT2D eigenvalue weighted by molar-refractivity contribution is -0.121. The largest absolute Gasteiger partial charge is 0.330 e. The van der Waals surface area contributed by atoms with E-state index in [0.717, 1.165) is 12.1 Å². The van der Waals surface area contributed by atoms with Crippen LogP contribution in [0.15, 0.2) is 36.4 Å². The molecule has 0 saturated carbocycles. The molecule has 0 bridgehead atoms. The fourth-order valence-corrected chi connectivity index (χ4v) is 3.18. The molecule has 0 aliphatic heterocycles. The molecule has 2 N–H and O–H groups in total. The highest BCUT2D eigenvalue weighted by molar-refractivity contribution is 7.11. The molecule has 1 heterocycles. The van der Waals surface area contributed by atoms with Crippen molar-refractivity contribution in [2.45, 2.75) is 33.7 Å². The Bertz CT molecular complexity index is 618. The van der Waals surface area contributed by atoms with Crippen LogP contribution < -0.4 is 10.6 Å². The Morgan fingerprint density at radius 1 is 1.23 bits per heavy atom. The van der Waals surface area contributed by atoms with Gasteiger partial charge in [-0.25, -0.2) is 0 Å². The summed E-state index contributed by atoms with van der Waals surface area (Å²) in [4.78, 5) is 17.0. The third-order valence-corrected chi connectivity index (χ3v) is 4.79. The summed E-state index contributed by atoms with van der Waals surface area (Å²) in [6, 6.07) is 12.4. The molecule has 22 heavy (non-hydrogen) atoms. The number of hydrogen-bond acceptors (Lipinski definition) is 3. The number of nitrogens with zero attached hydrogens (tertiary/aromatic N) is 1. The van der Waals surface area contributed by atoms with E-state index in [2.05, 4.69) is 38.1 Å². The van der Waals surface area contributed by atoms with Gasteiger partial charge in [0.2, 0.25) is 5.91 Å². The maximum atomic E-state index is 12.7. The lowest BCUT2D eigenvalue weighted by Gasteiger charge is -2.25. The highest BCUT2D eigenvalue weighted by Gasteiger charge is 2.21. The summed E-state index contributed by atoms with van der Waals surface area (Å²) >= 11 is 1.73. The van der Waals surface area contributed by atoms with Crippen molar-refractivity contribution in [1.29, 1.82) is 0 Å². The molecule has 0 radical (unpaired) electrons. The van der Waals surface area contributed by atoms with Crippen molar-refractivity contribution < 1.29 is 4.79 Å². The number of carbonyl (C=O) groups excluding carboxylic acids is 1. The van der Waals surface area contributed by atoms with E-state index in [1.165, 1.54) is 15.3 Å². The molecule has 1 aromatic carbocycles. The molecule has 0 saturated heterocycles. The van der Waals surface area contributed by atoms with Crippen LogP contribution in [0.2, 0.25) is 0 Å². The summed E-state index contributed by atoms with van der Waals surface area (Å²) in [6.07, 6.45) is 0.998. The minimum absolute atomic E-state index is 0.0813. The highest BCUT2D eigenvalue weighted by atomic mass is 32.1. The number of benzene rings is 1. The predicted octanol–water partition coefficient (Wildman–Crippen LogP) is 3.75. The number of thiophene rings is 1. The van der Waals surface area contributed by atoms with E-state index in [1.807, 2.05) is 24.0 Å². The van der Waals surface area contributed by atoms with E-state index in [-0.39, 0.29) is 11.8 Å². The topological polar surface area (TPSA) is 46.3 Å². The molecule has 1 aromatic heterocycles. The van der Waals surface area contributed by atoms with Gasteiger partial charge in [0.05, 0.1) is 6.54 Å². The van der Waals surface area contributed by atoms with Gasteiger partial charge in [0, 0.05) is 27.9 Å².